The lowest BCUT2D eigenvalue weighted by Gasteiger charge is -2.15. The molecule has 2 aromatic carbocycles. The average Bonchev–Trinajstić information content (AvgIpc) is 3.00. The van der Waals surface area contributed by atoms with Crippen molar-refractivity contribution in [3.63, 3.8) is 0 Å². The number of rotatable bonds is 6. The lowest BCUT2D eigenvalue weighted by atomic mass is 10.0. The Hall–Kier alpha value is -4.00. The molecule has 0 fully saturated rings. The van der Waals surface area contributed by atoms with Crippen molar-refractivity contribution < 1.29 is 18.7 Å². The minimum absolute atomic E-state index is 0.0271. The maximum atomic E-state index is 13.5. The van der Waals surface area contributed by atoms with Crippen molar-refractivity contribution in [1.29, 1.82) is 0 Å². The van der Waals surface area contributed by atoms with Gasteiger partial charge in [-0.1, -0.05) is 24.3 Å². The van der Waals surface area contributed by atoms with Gasteiger partial charge in [-0.05, 0) is 54.4 Å². The van der Waals surface area contributed by atoms with E-state index in [1.165, 1.54) is 31.4 Å². The van der Waals surface area contributed by atoms with Crippen molar-refractivity contribution in [2.75, 3.05) is 12.4 Å². The summed E-state index contributed by atoms with van der Waals surface area (Å²) in [6.07, 6.45) is 1.60. The zero-order valence-electron chi connectivity index (χ0n) is 17.1. The smallest absolute Gasteiger partial charge is 0.278 e. The molecule has 0 saturated carbocycles. The largest absolute Gasteiger partial charge is 0.495 e. The van der Waals surface area contributed by atoms with Crippen LogP contribution in [-0.4, -0.2) is 28.8 Å². The number of aromatic nitrogens is 1. The minimum Gasteiger partial charge on any atom is -0.495 e. The normalized spacial score (nSPS) is 13.7. The summed E-state index contributed by atoms with van der Waals surface area (Å²) in [6.45, 7) is 1.94. The summed E-state index contributed by atoms with van der Waals surface area (Å²) in [7, 11) is 1.53. The van der Waals surface area contributed by atoms with Gasteiger partial charge in [-0.2, -0.15) is 0 Å². The van der Waals surface area contributed by atoms with Crippen molar-refractivity contribution in [3.8, 4) is 5.75 Å². The molecular weight excluding hydrogens is 397 g/mol. The van der Waals surface area contributed by atoms with Crippen LogP contribution in [0.1, 0.15) is 16.8 Å². The van der Waals surface area contributed by atoms with Crippen LogP contribution >= 0.6 is 0 Å². The summed E-state index contributed by atoms with van der Waals surface area (Å²) in [5.41, 5.74) is 2.81. The summed E-state index contributed by atoms with van der Waals surface area (Å²) in [5, 5.41) is 3.09. The third-order valence-electron chi connectivity index (χ3n) is 4.96. The molecule has 1 aliphatic rings. The number of halogens is 1. The van der Waals surface area contributed by atoms with Crippen molar-refractivity contribution in [3.05, 3.63) is 95.2 Å². The van der Waals surface area contributed by atoms with Crippen LogP contribution in [0.4, 0.5) is 10.1 Å². The lowest BCUT2D eigenvalue weighted by Crippen LogP contribution is -2.32. The Kier molecular flexibility index (Phi) is 5.49. The van der Waals surface area contributed by atoms with Crippen LogP contribution < -0.4 is 10.1 Å². The number of ether oxygens (including phenoxy) is 1. The van der Waals surface area contributed by atoms with E-state index in [2.05, 4.69) is 10.3 Å². The number of benzene rings is 2. The first-order chi connectivity index (χ1) is 15.0. The van der Waals surface area contributed by atoms with E-state index in [4.69, 9.17) is 4.74 Å². The summed E-state index contributed by atoms with van der Waals surface area (Å²) in [4.78, 5) is 31.9. The second-order valence-electron chi connectivity index (χ2n) is 7.10. The van der Waals surface area contributed by atoms with Gasteiger partial charge in [0.05, 0.1) is 30.6 Å². The highest BCUT2D eigenvalue weighted by Crippen LogP contribution is 2.34. The molecule has 1 aromatic heterocycles. The van der Waals surface area contributed by atoms with Gasteiger partial charge in [-0.25, -0.2) is 4.39 Å². The van der Waals surface area contributed by atoms with Gasteiger partial charge in [0.15, 0.2) is 0 Å². The second-order valence-corrected chi connectivity index (χ2v) is 7.10. The number of nitrogens with zero attached hydrogens (tertiary/aromatic N) is 2. The quantitative estimate of drug-likeness (QED) is 0.616. The molecule has 7 heteroatoms. The van der Waals surface area contributed by atoms with Crippen LogP contribution in [0, 0.1) is 12.7 Å². The molecule has 156 valence electrons. The van der Waals surface area contributed by atoms with E-state index in [1.807, 2.05) is 19.1 Å². The molecule has 0 bridgehead atoms. The summed E-state index contributed by atoms with van der Waals surface area (Å²) in [6, 6.07) is 16.3. The Morgan fingerprint density at radius 2 is 1.81 bits per heavy atom. The number of aryl methyl sites for hydroxylation is 1. The van der Waals surface area contributed by atoms with Gasteiger partial charge in [0, 0.05) is 6.20 Å². The van der Waals surface area contributed by atoms with E-state index in [1.54, 1.807) is 30.5 Å². The monoisotopic (exact) mass is 417 g/mol. The van der Waals surface area contributed by atoms with E-state index in [0.29, 0.717) is 22.7 Å². The Labute approximate surface area is 179 Å². The zero-order chi connectivity index (χ0) is 22.0. The number of anilines is 1. The van der Waals surface area contributed by atoms with Gasteiger partial charge in [-0.3, -0.25) is 19.5 Å². The SMILES string of the molecule is COc1ccc(C)cc1NC1=C(c2ccc(F)cc2)C(=O)N(Cc2ccccn2)C1=O. The zero-order valence-corrected chi connectivity index (χ0v) is 17.1. The van der Waals surface area contributed by atoms with Gasteiger partial charge in [0.1, 0.15) is 17.3 Å². The van der Waals surface area contributed by atoms with Gasteiger partial charge >= 0.3 is 0 Å². The fourth-order valence-electron chi connectivity index (χ4n) is 3.43. The number of hydrogen-bond donors (Lipinski definition) is 1. The van der Waals surface area contributed by atoms with Gasteiger partial charge < -0.3 is 10.1 Å². The second kappa shape index (κ2) is 8.39. The summed E-state index contributed by atoms with van der Waals surface area (Å²) < 4.78 is 18.9. The highest BCUT2D eigenvalue weighted by atomic mass is 19.1. The molecule has 0 radical (unpaired) electrons. The Bertz CT molecular complexity index is 1170. The van der Waals surface area contributed by atoms with Crippen molar-refractivity contribution in [1.82, 2.24) is 9.88 Å². The molecule has 3 aromatic rings. The van der Waals surface area contributed by atoms with E-state index < -0.39 is 17.6 Å². The molecule has 0 spiro atoms. The molecule has 4 rings (SSSR count). The van der Waals surface area contributed by atoms with Gasteiger partial charge in [-0.15, -0.1) is 0 Å². The van der Waals surface area contributed by atoms with Crippen LogP contribution in [0.15, 0.2) is 72.6 Å². The number of carbonyl (C=O) groups is 2. The van der Waals surface area contributed by atoms with Crippen LogP contribution in [0.2, 0.25) is 0 Å². The Morgan fingerprint density at radius 3 is 2.48 bits per heavy atom. The molecule has 0 unspecified atom stereocenters. The molecule has 1 aliphatic heterocycles. The number of hydrogen-bond acceptors (Lipinski definition) is 5. The first kappa shape index (κ1) is 20.3. The van der Waals surface area contributed by atoms with Crippen molar-refractivity contribution in [2.24, 2.45) is 0 Å². The maximum Gasteiger partial charge on any atom is 0.278 e. The van der Waals surface area contributed by atoms with E-state index in [-0.39, 0.29) is 17.8 Å². The molecule has 0 saturated heterocycles. The highest BCUT2D eigenvalue weighted by Gasteiger charge is 2.39. The van der Waals surface area contributed by atoms with E-state index in [9.17, 15) is 14.0 Å². The fourth-order valence-corrected chi connectivity index (χ4v) is 3.43. The highest BCUT2D eigenvalue weighted by molar-refractivity contribution is 6.36. The maximum absolute atomic E-state index is 13.5. The number of amides is 2. The van der Waals surface area contributed by atoms with Crippen LogP contribution in [0.3, 0.4) is 0 Å². The van der Waals surface area contributed by atoms with Crippen molar-refractivity contribution >= 4 is 23.1 Å². The molecule has 1 N–H and O–H groups in total. The third-order valence-corrected chi connectivity index (χ3v) is 4.96. The summed E-state index contributed by atoms with van der Waals surface area (Å²) >= 11 is 0. The topological polar surface area (TPSA) is 71.5 Å². The van der Waals surface area contributed by atoms with Gasteiger partial charge in [0.25, 0.3) is 11.8 Å². The number of methoxy groups -OCH3 is 1. The van der Waals surface area contributed by atoms with Crippen LogP contribution in [-0.2, 0) is 16.1 Å². The first-order valence-corrected chi connectivity index (χ1v) is 9.66. The minimum atomic E-state index is -0.487. The summed E-state index contributed by atoms with van der Waals surface area (Å²) in [5.74, 6) is -0.865. The molecule has 0 atom stereocenters. The number of imide groups is 1. The van der Waals surface area contributed by atoms with Gasteiger partial charge in [0.2, 0.25) is 0 Å². The molecule has 2 amide bonds. The molecule has 31 heavy (non-hydrogen) atoms. The third kappa shape index (κ3) is 4.02. The van der Waals surface area contributed by atoms with Crippen LogP contribution in [0.5, 0.6) is 5.75 Å². The number of carbonyl (C=O) groups excluding carboxylic acids is 2. The number of pyridine rings is 1. The molecular formula is C24H20FN3O3. The average molecular weight is 417 g/mol. The fraction of sp³-hybridized carbons (Fsp3) is 0.125. The molecule has 2 heterocycles. The van der Waals surface area contributed by atoms with E-state index >= 15 is 0 Å². The predicted octanol–water partition coefficient (Wildman–Crippen LogP) is 3.93. The predicted molar refractivity (Wildman–Crippen MR) is 114 cm³/mol. The lowest BCUT2D eigenvalue weighted by molar-refractivity contribution is -0.137. The van der Waals surface area contributed by atoms with Crippen LogP contribution in [0.25, 0.3) is 5.57 Å². The molecule has 0 aliphatic carbocycles. The van der Waals surface area contributed by atoms with E-state index in [0.717, 1.165) is 10.5 Å². The standard InChI is InChI=1S/C24H20FN3O3/c1-15-6-11-20(31-2)19(13-15)27-22-21(16-7-9-17(25)10-8-16)23(29)28(24(22)30)14-18-5-3-4-12-26-18/h3-13,27H,14H2,1-2H3. The number of nitrogens with one attached hydrogen (secondary N) is 1. The Balaban J connectivity index is 1.78. The van der Waals surface area contributed by atoms with Crippen molar-refractivity contribution in [2.45, 2.75) is 13.5 Å². The first-order valence-electron chi connectivity index (χ1n) is 9.66. The Morgan fingerprint density at radius 1 is 1.03 bits per heavy atom. The molecule has 6 nitrogen and oxygen atoms in total.